The van der Waals surface area contributed by atoms with Crippen molar-refractivity contribution in [1.29, 1.82) is 0 Å². The maximum atomic E-state index is 10.7. The van der Waals surface area contributed by atoms with Crippen LogP contribution in [0.15, 0.2) is 30.3 Å². The Labute approximate surface area is 147 Å². The Bertz CT molecular complexity index is 744. The van der Waals surface area contributed by atoms with Crippen molar-refractivity contribution in [1.82, 2.24) is 9.97 Å². The van der Waals surface area contributed by atoms with E-state index in [0.29, 0.717) is 24.5 Å². The molecule has 7 heteroatoms. The molecule has 0 radical (unpaired) electrons. The van der Waals surface area contributed by atoms with E-state index >= 15 is 0 Å². The topological polar surface area (TPSA) is 93.0 Å². The lowest BCUT2D eigenvalue weighted by atomic mass is 10.2. The molecule has 1 aliphatic rings. The number of nitrogens with one attached hydrogen (secondary N) is 2. The number of nitro benzene ring substituents is 1. The molecule has 0 amide bonds. The van der Waals surface area contributed by atoms with E-state index in [0.717, 1.165) is 23.5 Å². The minimum Gasteiger partial charge on any atom is -0.366 e. The monoisotopic (exact) mass is 341 g/mol. The van der Waals surface area contributed by atoms with E-state index < -0.39 is 4.92 Å². The first kappa shape index (κ1) is 17.1. The lowest BCUT2D eigenvalue weighted by molar-refractivity contribution is -0.384. The number of rotatable bonds is 8. The highest BCUT2D eigenvalue weighted by atomic mass is 16.6. The van der Waals surface area contributed by atoms with E-state index in [-0.39, 0.29) is 5.69 Å². The third-order valence-electron chi connectivity index (χ3n) is 4.35. The van der Waals surface area contributed by atoms with Crippen molar-refractivity contribution in [3.8, 4) is 0 Å². The van der Waals surface area contributed by atoms with Gasteiger partial charge in [0.05, 0.1) is 10.6 Å². The van der Waals surface area contributed by atoms with Crippen LogP contribution in [0.3, 0.4) is 0 Å². The highest BCUT2D eigenvalue weighted by Crippen LogP contribution is 2.40. The summed E-state index contributed by atoms with van der Waals surface area (Å²) in [6.07, 6.45) is 3.37. The molecule has 25 heavy (non-hydrogen) atoms. The molecule has 0 bridgehead atoms. The summed E-state index contributed by atoms with van der Waals surface area (Å²) in [5.74, 6) is 1.98. The van der Waals surface area contributed by atoms with E-state index in [1.807, 2.05) is 6.07 Å². The van der Waals surface area contributed by atoms with Gasteiger partial charge in [-0.1, -0.05) is 19.1 Å². The molecule has 1 heterocycles. The highest BCUT2D eigenvalue weighted by molar-refractivity contribution is 5.45. The summed E-state index contributed by atoms with van der Waals surface area (Å²) in [7, 11) is 0. The maximum absolute atomic E-state index is 10.7. The van der Waals surface area contributed by atoms with Crippen LogP contribution in [-0.4, -0.2) is 20.9 Å². The fraction of sp³-hybridized carbons (Fsp3) is 0.444. The van der Waals surface area contributed by atoms with Gasteiger partial charge in [0.1, 0.15) is 5.82 Å². The molecule has 0 aliphatic heterocycles. The van der Waals surface area contributed by atoms with Gasteiger partial charge in [0.15, 0.2) is 0 Å². The number of aromatic nitrogens is 2. The van der Waals surface area contributed by atoms with E-state index in [2.05, 4.69) is 34.4 Å². The maximum Gasteiger partial charge on any atom is 0.269 e. The van der Waals surface area contributed by atoms with Crippen LogP contribution in [0.25, 0.3) is 0 Å². The van der Waals surface area contributed by atoms with Gasteiger partial charge in [-0.3, -0.25) is 10.1 Å². The lowest BCUT2D eigenvalue weighted by Crippen LogP contribution is -2.17. The van der Waals surface area contributed by atoms with Gasteiger partial charge in [-0.15, -0.1) is 0 Å². The number of nitrogens with zero attached hydrogens (tertiary/aromatic N) is 3. The molecule has 1 fully saturated rings. The predicted molar refractivity (Wildman–Crippen MR) is 97.8 cm³/mol. The minimum absolute atomic E-state index is 0.0989. The summed E-state index contributed by atoms with van der Waals surface area (Å²) in [6.45, 7) is 4.79. The number of hydrogen-bond acceptors (Lipinski definition) is 6. The molecule has 2 N–H and O–H groups in total. The zero-order chi connectivity index (χ0) is 17.8. The number of benzene rings is 1. The summed E-state index contributed by atoms with van der Waals surface area (Å²) < 4.78 is 0. The molecule has 132 valence electrons. The molecule has 1 aliphatic carbocycles. The van der Waals surface area contributed by atoms with Crippen LogP contribution in [-0.2, 0) is 6.54 Å². The molecule has 7 nitrogen and oxygen atoms in total. The second-order valence-electron chi connectivity index (χ2n) is 6.51. The van der Waals surface area contributed by atoms with Crippen molar-refractivity contribution in [3.05, 3.63) is 51.7 Å². The van der Waals surface area contributed by atoms with Crippen LogP contribution >= 0.6 is 0 Å². The molecular weight excluding hydrogens is 318 g/mol. The molecule has 1 aromatic heterocycles. The first-order valence-corrected chi connectivity index (χ1v) is 8.68. The molecule has 1 saturated carbocycles. The zero-order valence-electron chi connectivity index (χ0n) is 14.5. The van der Waals surface area contributed by atoms with Crippen LogP contribution < -0.4 is 10.6 Å². The fourth-order valence-electron chi connectivity index (χ4n) is 2.46. The first-order valence-electron chi connectivity index (χ1n) is 8.68. The zero-order valence-corrected chi connectivity index (χ0v) is 14.5. The number of hydrogen-bond donors (Lipinski definition) is 2. The Morgan fingerprint density at radius 2 is 2.00 bits per heavy atom. The van der Waals surface area contributed by atoms with Crippen LogP contribution in [0.5, 0.6) is 0 Å². The second-order valence-corrected chi connectivity index (χ2v) is 6.51. The molecule has 1 aromatic carbocycles. The summed E-state index contributed by atoms with van der Waals surface area (Å²) in [5.41, 5.74) is 2.14. The third-order valence-corrected chi connectivity index (χ3v) is 4.35. The minimum atomic E-state index is -0.392. The van der Waals surface area contributed by atoms with Crippen LogP contribution in [0.2, 0.25) is 0 Å². The Hall–Kier alpha value is -2.70. The normalized spacial score (nSPS) is 14.8. The van der Waals surface area contributed by atoms with Crippen molar-refractivity contribution in [2.75, 3.05) is 10.6 Å². The van der Waals surface area contributed by atoms with Gasteiger partial charge < -0.3 is 10.6 Å². The molecular formula is C18H23N5O2. The molecule has 2 aromatic rings. The average Bonchev–Trinajstić information content (AvgIpc) is 3.45. The van der Waals surface area contributed by atoms with Gasteiger partial charge in [-0.2, -0.15) is 4.98 Å². The number of anilines is 2. The van der Waals surface area contributed by atoms with Crippen molar-refractivity contribution in [2.45, 2.75) is 51.6 Å². The Kier molecular flexibility index (Phi) is 5.11. The summed E-state index contributed by atoms with van der Waals surface area (Å²) in [6, 6.07) is 8.87. The quantitative estimate of drug-likeness (QED) is 0.555. The van der Waals surface area contributed by atoms with E-state index in [1.54, 1.807) is 12.1 Å². The first-order chi connectivity index (χ1) is 12.0. The van der Waals surface area contributed by atoms with Crippen LogP contribution in [0.1, 0.15) is 50.3 Å². The van der Waals surface area contributed by atoms with Crippen LogP contribution in [0, 0.1) is 10.1 Å². The summed E-state index contributed by atoms with van der Waals surface area (Å²) >= 11 is 0. The lowest BCUT2D eigenvalue weighted by Gasteiger charge is -2.14. The van der Waals surface area contributed by atoms with Gasteiger partial charge in [0.2, 0.25) is 5.95 Å². The molecule has 0 saturated heterocycles. The van der Waals surface area contributed by atoms with Gasteiger partial charge in [0, 0.05) is 36.7 Å². The molecule has 3 rings (SSSR count). The summed E-state index contributed by atoms with van der Waals surface area (Å²) in [5, 5.41) is 17.4. The Morgan fingerprint density at radius 3 is 2.60 bits per heavy atom. The summed E-state index contributed by atoms with van der Waals surface area (Å²) in [4.78, 5) is 19.5. The van der Waals surface area contributed by atoms with Crippen molar-refractivity contribution >= 4 is 17.5 Å². The second kappa shape index (κ2) is 7.46. The Morgan fingerprint density at radius 1 is 1.28 bits per heavy atom. The fourth-order valence-corrected chi connectivity index (χ4v) is 2.46. The largest absolute Gasteiger partial charge is 0.366 e. The SMILES string of the molecule is CC[C@@H](C)Nc1nc(NCc2ccc([N+](=O)[O-])cc2)cc(C2CC2)n1. The number of non-ortho nitro benzene ring substituents is 1. The van der Waals surface area contributed by atoms with Crippen LogP contribution in [0.4, 0.5) is 17.5 Å². The Balaban J connectivity index is 1.71. The van der Waals surface area contributed by atoms with E-state index in [9.17, 15) is 10.1 Å². The van der Waals surface area contributed by atoms with Gasteiger partial charge in [-0.05, 0) is 31.7 Å². The third kappa shape index (κ3) is 4.65. The molecule has 0 spiro atoms. The van der Waals surface area contributed by atoms with Crippen molar-refractivity contribution in [3.63, 3.8) is 0 Å². The van der Waals surface area contributed by atoms with Gasteiger partial charge >= 0.3 is 0 Å². The highest BCUT2D eigenvalue weighted by Gasteiger charge is 2.26. The van der Waals surface area contributed by atoms with Gasteiger partial charge in [-0.25, -0.2) is 4.98 Å². The van der Waals surface area contributed by atoms with Gasteiger partial charge in [0.25, 0.3) is 5.69 Å². The molecule has 1 atom stereocenters. The van der Waals surface area contributed by atoms with E-state index in [1.165, 1.54) is 25.0 Å². The van der Waals surface area contributed by atoms with Crippen molar-refractivity contribution in [2.24, 2.45) is 0 Å². The number of nitro groups is 1. The van der Waals surface area contributed by atoms with E-state index in [4.69, 9.17) is 0 Å². The standard InChI is InChI=1S/C18H23N5O2/c1-3-12(2)20-18-21-16(14-6-7-14)10-17(22-18)19-11-13-4-8-15(9-5-13)23(24)25/h4-5,8-10,12,14H,3,6-7,11H2,1-2H3,(H2,19,20,21,22)/t12-/m1/s1. The smallest absolute Gasteiger partial charge is 0.269 e. The molecule has 0 unspecified atom stereocenters. The predicted octanol–water partition coefficient (Wildman–Crippen LogP) is 4.08. The average molecular weight is 341 g/mol. The van der Waals surface area contributed by atoms with Crippen molar-refractivity contribution < 1.29 is 4.92 Å².